The van der Waals surface area contributed by atoms with Crippen LogP contribution in [-0.2, 0) is 9.59 Å². The molecule has 2 N–H and O–H groups in total. The second kappa shape index (κ2) is 5.68. The molecular weight excluding hydrogens is 266 g/mol. The highest BCUT2D eigenvalue weighted by molar-refractivity contribution is 6.01. The predicted molar refractivity (Wildman–Crippen MR) is 80.9 cm³/mol. The smallest absolute Gasteiger partial charge is 0.243 e. The van der Waals surface area contributed by atoms with Crippen molar-refractivity contribution in [3.8, 4) is 0 Å². The molecule has 3 rings (SSSR count). The van der Waals surface area contributed by atoms with Crippen LogP contribution in [0, 0.1) is 11.8 Å². The van der Waals surface area contributed by atoms with Gasteiger partial charge in [-0.15, -0.1) is 0 Å². The summed E-state index contributed by atoms with van der Waals surface area (Å²) in [5.74, 6) is 0.406. The van der Waals surface area contributed by atoms with E-state index in [2.05, 4.69) is 15.8 Å². The number of amides is 2. The summed E-state index contributed by atoms with van der Waals surface area (Å²) >= 11 is 0. The standard InChI is InChI=1S/C16H19N3O2/c1-10(18-19-16(21)12-7-8-12)13-3-2-4-14(9-13)17-15(20)11-5-6-11/h2-4,9,11-12H,5-8H2,1H3,(H,17,20)(H,19,21)/b18-10+. The first-order chi connectivity index (χ1) is 10.1. The minimum atomic E-state index is -0.00691. The van der Waals surface area contributed by atoms with Crippen molar-refractivity contribution < 1.29 is 9.59 Å². The number of rotatable bonds is 5. The fraction of sp³-hybridized carbons (Fsp3) is 0.438. The second-order valence-corrected chi connectivity index (χ2v) is 5.79. The molecule has 5 nitrogen and oxygen atoms in total. The predicted octanol–water partition coefficient (Wildman–Crippen LogP) is 2.29. The van der Waals surface area contributed by atoms with Crippen molar-refractivity contribution >= 4 is 23.2 Å². The normalized spacial score (nSPS) is 18.2. The quantitative estimate of drug-likeness (QED) is 0.643. The van der Waals surface area contributed by atoms with Crippen LogP contribution in [-0.4, -0.2) is 17.5 Å². The van der Waals surface area contributed by atoms with Crippen LogP contribution in [0.1, 0.15) is 38.2 Å². The largest absolute Gasteiger partial charge is 0.326 e. The maximum Gasteiger partial charge on any atom is 0.243 e. The van der Waals surface area contributed by atoms with E-state index in [-0.39, 0.29) is 23.7 Å². The van der Waals surface area contributed by atoms with Crippen LogP contribution in [0.25, 0.3) is 0 Å². The van der Waals surface area contributed by atoms with Gasteiger partial charge in [0.15, 0.2) is 0 Å². The summed E-state index contributed by atoms with van der Waals surface area (Å²) in [4.78, 5) is 23.3. The Hall–Kier alpha value is -2.17. The van der Waals surface area contributed by atoms with Crippen molar-refractivity contribution in [1.29, 1.82) is 0 Å². The lowest BCUT2D eigenvalue weighted by Crippen LogP contribution is -2.20. The second-order valence-electron chi connectivity index (χ2n) is 5.79. The van der Waals surface area contributed by atoms with Gasteiger partial charge in [0.05, 0.1) is 5.71 Å². The fourth-order valence-electron chi connectivity index (χ4n) is 2.05. The van der Waals surface area contributed by atoms with Gasteiger partial charge in [0.1, 0.15) is 0 Å². The zero-order valence-corrected chi connectivity index (χ0v) is 12.1. The van der Waals surface area contributed by atoms with E-state index in [0.717, 1.165) is 42.6 Å². The Bertz CT molecular complexity index is 601. The Balaban J connectivity index is 1.64. The molecule has 2 aliphatic rings. The van der Waals surface area contributed by atoms with Crippen molar-refractivity contribution in [3.05, 3.63) is 29.8 Å². The number of nitrogens with one attached hydrogen (secondary N) is 2. The van der Waals surface area contributed by atoms with Crippen molar-refractivity contribution in [2.75, 3.05) is 5.32 Å². The molecule has 110 valence electrons. The van der Waals surface area contributed by atoms with Gasteiger partial charge < -0.3 is 5.32 Å². The average molecular weight is 285 g/mol. The first kappa shape index (κ1) is 13.8. The van der Waals surface area contributed by atoms with Crippen LogP contribution >= 0.6 is 0 Å². The molecule has 0 aliphatic heterocycles. The van der Waals surface area contributed by atoms with Crippen molar-refractivity contribution in [3.63, 3.8) is 0 Å². The third-order valence-electron chi connectivity index (χ3n) is 3.78. The van der Waals surface area contributed by atoms with E-state index in [4.69, 9.17) is 0 Å². The minimum Gasteiger partial charge on any atom is -0.326 e. The molecule has 21 heavy (non-hydrogen) atoms. The Morgan fingerprint density at radius 3 is 2.43 bits per heavy atom. The molecular formula is C16H19N3O2. The third kappa shape index (κ3) is 3.68. The number of hydrogen-bond donors (Lipinski definition) is 2. The molecule has 0 saturated heterocycles. The summed E-state index contributed by atoms with van der Waals surface area (Å²) < 4.78 is 0. The molecule has 2 amide bonds. The van der Waals surface area contributed by atoms with E-state index >= 15 is 0 Å². The van der Waals surface area contributed by atoms with Crippen LogP contribution in [0.5, 0.6) is 0 Å². The zero-order chi connectivity index (χ0) is 14.8. The van der Waals surface area contributed by atoms with Crippen LogP contribution in [0.4, 0.5) is 5.69 Å². The Morgan fingerprint density at radius 2 is 1.76 bits per heavy atom. The molecule has 0 spiro atoms. The maximum atomic E-state index is 11.8. The molecule has 1 aromatic rings. The molecule has 0 bridgehead atoms. The van der Waals surface area contributed by atoms with Gasteiger partial charge in [0.25, 0.3) is 0 Å². The van der Waals surface area contributed by atoms with Gasteiger partial charge in [-0.2, -0.15) is 5.10 Å². The van der Waals surface area contributed by atoms with Crippen LogP contribution in [0.2, 0.25) is 0 Å². The van der Waals surface area contributed by atoms with E-state index in [1.165, 1.54) is 0 Å². The molecule has 2 aliphatic carbocycles. The van der Waals surface area contributed by atoms with E-state index in [1.54, 1.807) is 0 Å². The highest BCUT2D eigenvalue weighted by Crippen LogP contribution is 2.30. The minimum absolute atomic E-state index is 0.00691. The number of benzene rings is 1. The summed E-state index contributed by atoms with van der Waals surface area (Å²) in [6.45, 7) is 1.84. The number of hydrogen-bond acceptors (Lipinski definition) is 3. The lowest BCUT2D eigenvalue weighted by Gasteiger charge is -2.07. The van der Waals surface area contributed by atoms with E-state index in [9.17, 15) is 9.59 Å². The van der Waals surface area contributed by atoms with Gasteiger partial charge in [-0.3, -0.25) is 9.59 Å². The van der Waals surface area contributed by atoms with Gasteiger partial charge in [0.2, 0.25) is 11.8 Å². The van der Waals surface area contributed by atoms with Crippen LogP contribution < -0.4 is 10.7 Å². The van der Waals surface area contributed by atoms with Gasteiger partial charge in [-0.05, 0) is 50.3 Å². The Kier molecular flexibility index (Phi) is 3.73. The molecule has 2 fully saturated rings. The molecule has 0 heterocycles. The molecule has 5 heteroatoms. The van der Waals surface area contributed by atoms with Crippen LogP contribution in [0.15, 0.2) is 29.4 Å². The molecule has 0 atom stereocenters. The lowest BCUT2D eigenvalue weighted by molar-refractivity contribution is -0.122. The molecule has 2 saturated carbocycles. The molecule has 0 aromatic heterocycles. The van der Waals surface area contributed by atoms with E-state index in [0.29, 0.717) is 0 Å². The van der Waals surface area contributed by atoms with Gasteiger partial charge in [-0.1, -0.05) is 12.1 Å². The molecule has 0 radical (unpaired) electrons. The number of anilines is 1. The number of carbonyl (C=O) groups excluding carboxylic acids is 2. The Morgan fingerprint density at radius 1 is 1.10 bits per heavy atom. The summed E-state index contributed by atoms with van der Waals surface area (Å²) in [6, 6.07) is 7.52. The molecule has 1 aromatic carbocycles. The van der Waals surface area contributed by atoms with E-state index in [1.807, 2.05) is 31.2 Å². The van der Waals surface area contributed by atoms with Gasteiger partial charge >= 0.3 is 0 Å². The summed E-state index contributed by atoms with van der Waals surface area (Å²) in [7, 11) is 0. The number of nitrogens with zero attached hydrogens (tertiary/aromatic N) is 1. The highest BCUT2D eigenvalue weighted by Gasteiger charge is 2.30. The number of carbonyl (C=O) groups is 2. The zero-order valence-electron chi connectivity index (χ0n) is 12.1. The first-order valence-corrected chi connectivity index (χ1v) is 7.39. The summed E-state index contributed by atoms with van der Waals surface area (Å²) in [5, 5.41) is 7.04. The lowest BCUT2D eigenvalue weighted by atomic mass is 10.1. The third-order valence-corrected chi connectivity index (χ3v) is 3.78. The van der Waals surface area contributed by atoms with E-state index < -0.39 is 0 Å². The highest BCUT2D eigenvalue weighted by atomic mass is 16.2. The fourth-order valence-corrected chi connectivity index (χ4v) is 2.05. The van der Waals surface area contributed by atoms with Gasteiger partial charge in [0, 0.05) is 17.5 Å². The monoisotopic (exact) mass is 285 g/mol. The van der Waals surface area contributed by atoms with Crippen molar-refractivity contribution in [2.24, 2.45) is 16.9 Å². The Labute approximate surface area is 123 Å². The van der Waals surface area contributed by atoms with Crippen molar-refractivity contribution in [1.82, 2.24) is 5.43 Å². The topological polar surface area (TPSA) is 70.6 Å². The average Bonchev–Trinajstić information content (AvgIpc) is 3.36. The summed E-state index contributed by atoms with van der Waals surface area (Å²) in [5.41, 5.74) is 4.98. The SMILES string of the molecule is C/C(=N\NC(=O)C1CC1)c1cccc(NC(=O)C2CC2)c1. The van der Waals surface area contributed by atoms with Gasteiger partial charge in [-0.25, -0.2) is 5.43 Å². The molecule has 0 unspecified atom stereocenters. The van der Waals surface area contributed by atoms with Crippen LogP contribution in [0.3, 0.4) is 0 Å². The summed E-state index contributed by atoms with van der Waals surface area (Å²) in [6.07, 6.45) is 3.89. The first-order valence-electron chi connectivity index (χ1n) is 7.39. The van der Waals surface area contributed by atoms with Crippen molar-refractivity contribution in [2.45, 2.75) is 32.6 Å². The number of hydrazone groups is 1. The maximum absolute atomic E-state index is 11.8.